The zero-order chi connectivity index (χ0) is 57.5. The smallest absolute Gasteiger partial charge is 0.0933 e. The molecule has 2 aromatic heterocycles. The molecule has 0 bridgehead atoms. The van der Waals surface area contributed by atoms with Crippen LogP contribution in [0, 0.1) is 35.8 Å². The van der Waals surface area contributed by atoms with E-state index in [1.807, 2.05) is 27.7 Å². The first-order valence-electron chi connectivity index (χ1n) is 28.5. The third kappa shape index (κ3) is 22.2. The van der Waals surface area contributed by atoms with Crippen LogP contribution < -0.4 is 0 Å². The summed E-state index contributed by atoms with van der Waals surface area (Å²) in [5.41, 5.74) is 15.1. The second-order valence-corrected chi connectivity index (χ2v) is 24.6. The number of fused-ring (bicyclic) bond motifs is 2. The number of aliphatic hydroxyl groups excluding tert-OH is 4. The van der Waals surface area contributed by atoms with Crippen molar-refractivity contribution in [3.63, 3.8) is 0 Å². The van der Waals surface area contributed by atoms with Crippen molar-refractivity contribution in [2.45, 2.75) is 213 Å². The number of aromatic nitrogens is 2. The number of benzene rings is 4. The number of rotatable bonds is 16. The van der Waals surface area contributed by atoms with E-state index in [-0.39, 0.29) is 63.6 Å². The Hall–Kier alpha value is -4.00. The molecule has 6 aromatic rings. The van der Waals surface area contributed by atoms with Crippen molar-refractivity contribution >= 4 is 21.5 Å². The molecule has 6 rings (SSSR count). The molecule has 0 aliphatic carbocycles. The van der Waals surface area contributed by atoms with Crippen LogP contribution in [-0.2, 0) is 53.1 Å². The summed E-state index contributed by atoms with van der Waals surface area (Å²) in [5.74, 6) is 4.80. The Morgan fingerprint density at radius 2 is 0.949 bits per heavy atom. The number of hydrogen-bond acceptors (Lipinski definition) is 6. The van der Waals surface area contributed by atoms with Crippen LogP contribution in [0.15, 0.2) is 96.7 Å². The van der Waals surface area contributed by atoms with Crippen molar-refractivity contribution in [3.8, 4) is 22.5 Å². The topological polar surface area (TPSA) is 107 Å². The predicted octanol–water partition coefficient (Wildman–Crippen LogP) is 19.5. The molecule has 2 unspecified atom stereocenters. The molecule has 0 spiro atoms. The Bertz CT molecular complexity index is 2780. The molecular weight excluding hydrogens is 1320 g/mol. The van der Waals surface area contributed by atoms with E-state index in [4.69, 9.17) is 20.2 Å². The Morgan fingerprint density at radius 3 is 1.33 bits per heavy atom. The third-order valence-electron chi connectivity index (χ3n) is 13.5. The molecule has 0 aliphatic rings. The summed E-state index contributed by atoms with van der Waals surface area (Å²) in [6.45, 7) is 46.9. The molecule has 4 aromatic carbocycles. The van der Waals surface area contributed by atoms with Crippen LogP contribution in [0.4, 0.5) is 0 Å². The molecule has 0 fully saturated rings. The van der Waals surface area contributed by atoms with Gasteiger partial charge in [-0.05, 0) is 147 Å². The first kappa shape index (κ1) is 72.0. The molecular formula is C70H100Ir2N2O4-2. The van der Waals surface area contributed by atoms with Gasteiger partial charge in [0, 0.05) is 58.5 Å². The van der Waals surface area contributed by atoms with Crippen LogP contribution in [-0.4, -0.2) is 42.6 Å². The van der Waals surface area contributed by atoms with Crippen LogP contribution in [0.25, 0.3) is 44.1 Å². The number of aliphatic hydroxyl groups is 4. The van der Waals surface area contributed by atoms with Crippen LogP contribution >= 0.6 is 0 Å². The fraction of sp³-hybridized carbons (Fsp3) is 0.514. The van der Waals surface area contributed by atoms with Crippen molar-refractivity contribution in [3.05, 3.63) is 153 Å². The van der Waals surface area contributed by atoms with Gasteiger partial charge < -0.3 is 30.4 Å². The van der Waals surface area contributed by atoms with E-state index in [1.54, 1.807) is 6.92 Å². The van der Waals surface area contributed by atoms with E-state index in [0.29, 0.717) is 47.3 Å². The van der Waals surface area contributed by atoms with Gasteiger partial charge in [-0.1, -0.05) is 175 Å². The maximum absolute atomic E-state index is 9.31. The third-order valence-corrected chi connectivity index (χ3v) is 13.5. The van der Waals surface area contributed by atoms with Crippen molar-refractivity contribution in [1.29, 1.82) is 0 Å². The predicted molar refractivity (Wildman–Crippen MR) is 328 cm³/mol. The number of hydrogen-bond donors (Lipinski definition) is 4. The van der Waals surface area contributed by atoms with Gasteiger partial charge in [0.15, 0.2) is 0 Å². The quantitative estimate of drug-likeness (QED) is 0.0568. The van der Waals surface area contributed by atoms with E-state index >= 15 is 0 Å². The minimum Gasteiger partial charge on any atom is -0.513 e. The van der Waals surface area contributed by atoms with Crippen molar-refractivity contribution < 1.29 is 60.6 Å². The molecule has 0 aliphatic heterocycles. The summed E-state index contributed by atoms with van der Waals surface area (Å²) in [5, 5.41) is 40.7. The molecule has 434 valence electrons. The Kier molecular flexibility index (Phi) is 31.1. The maximum Gasteiger partial charge on any atom is 0.0933 e. The van der Waals surface area contributed by atoms with E-state index in [9.17, 15) is 10.2 Å². The number of nitrogens with zero attached hydrogens (tertiary/aromatic N) is 2. The number of pyridine rings is 2. The van der Waals surface area contributed by atoms with Gasteiger partial charge in [-0.15, -0.1) is 69.8 Å². The Balaban J connectivity index is 0.000000585. The molecule has 2 radical (unpaired) electrons. The molecule has 0 amide bonds. The average molecular weight is 1420 g/mol. The largest absolute Gasteiger partial charge is 0.513 e. The molecule has 8 heteroatoms. The first-order valence-corrected chi connectivity index (χ1v) is 28.5. The molecule has 78 heavy (non-hydrogen) atoms. The molecule has 4 N–H and O–H groups in total. The second kappa shape index (κ2) is 33.7. The average Bonchev–Trinajstić information content (AvgIpc) is 3.32. The van der Waals surface area contributed by atoms with Crippen LogP contribution in [0.5, 0.6) is 0 Å². The SMILES string of the molecule is CC(C)C(O)=CC(O)C(C)C.CC(C)Cc1ccc2c(-c3[c-]c(C(C)C)cc(C(C)C)c3)ncc(CC(C)C)c2c1.CC(C)c1[c-]c(-c2ncc(C(C)C)c3cc(C(C)C)ccc23)cc(C(C)C)c1.CC(O)=CC(C)O.[Ir].[Ir]. The van der Waals surface area contributed by atoms with Crippen molar-refractivity contribution in [2.24, 2.45) is 23.7 Å². The van der Waals surface area contributed by atoms with Crippen LogP contribution in [0.1, 0.15) is 232 Å². The molecule has 2 atom stereocenters. The summed E-state index contributed by atoms with van der Waals surface area (Å²) in [4.78, 5) is 9.93. The van der Waals surface area contributed by atoms with Gasteiger partial charge in [0.2, 0.25) is 0 Å². The Labute approximate surface area is 501 Å². The van der Waals surface area contributed by atoms with Gasteiger partial charge in [0.1, 0.15) is 0 Å². The number of allylic oxidation sites excluding steroid dienone is 2. The van der Waals surface area contributed by atoms with Gasteiger partial charge in [0.25, 0.3) is 0 Å². The molecule has 0 saturated carbocycles. The standard InChI is InChI=1S/C29H38N.C27H34N.C9H18O2.C5H10O2.2Ir/c1-18(2)11-22-9-10-27-28(13-22)26(12-19(3)4)17-30-29(27)25-15-23(20(5)6)14-24(16-25)21(7)8;1-16(2)20-9-10-24-25(14-20)26(19(7)8)15-28-27(24)23-12-21(17(3)4)11-22(13-23)18(5)6;1-6(2)8(10)5-9(11)7(3)4;1-4(6)3-5(2)7;;/h9-10,13-15,17-21H,11-12H2,1-8H3;9-12,14-19H,1-8H3;5-8,10-11H,1-4H3;3-4,6-7H,1-2H3;;/q2*-1;;;;. The molecule has 2 heterocycles. The summed E-state index contributed by atoms with van der Waals surface area (Å²) in [7, 11) is 0. The van der Waals surface area contributed by atoms with Gasteiger partial charge in [-0.3, -0.25) is 0 Å². The normalized spacial score (nSPS) is 12.8. The second-order valence-electron chi connectivity index (χ2n) is 24.6. The fourth-order valence-corrected chi connectivity index (χ4v) is 8.76. The minimum absolute atomic E-state index is 0. The zero-order valence-electron chi connectivity index (χ0n) is 51.8. The zero-order valence-corrected chi connectivity index (χ0v) is 56.6. The maximum atomic E-state index is 9.31. The molecule has 0 saturated heterocycles. The summed E-state index contributed by atoms with van der Waals surface area (Å²) >= 11 is 0. The summed E-state index contributed by atoms with van der Waals surface area (Å²) < 4.78 is 0. The van der Waals surface area contributed by atoms with E-state index in [2.05, 4.69) is 196 Å². The van der Waals surface area contributed by atoms with Gasteiger partial charge in [-0.2, -0.15) is 0 Å². The van der Waals surface area contributed by atoms with E-state index in [0.717, 1.165) is 35.4 Å². The van der Waals surface area contributed by atoms with E-state index in [1.165, 1.54) is 85.1 Å². The van der Waals surface area contributed by atoms with Crippen LogP contribution in [0.3, 0.4) is 0 Å². The monoisotopic (exact) mass is 1420 g/mol. The van der Waals surface area contributed by atoms with Crippen LogP contribution in [0.2, 0.25) is 0 Å². The van der Waals surface area contributed by atoms with Gasteiger partial charge in [0.05, 0.1) is 23.7 Å². The van der Waals surface area contributed by atoms with E-state index < -0.39 is 12.2 Å². The van der Waals surface area contributed by atoms with Crippen molar-refractivity contribution in [1.82, 2.24) is 9.97 Å². The summed E-state index contributed by atoms with van der Waals surface area (Å²) in [6.07, 6.45) is 8.17. The Morgan fingerprint density at radius 1 is 0.487 bits per heavy atom. The van der Waals surface area contributed by atoms with Crippen molar-refractivity contribution in [2.75, 3.05) is 0 Å². The molecule has 6 nitrogen and oxygen atoms in total. The summed E-state index contributed by atoms with van der Waals surface area (Å²) in [6, 6.07) is 30.5. The fourth-order valence-electron chi connectivity index (χ4n) is 8.76. The first-order chi connectivity index (χ1) is 35.4. The minimum atomic E-state index is -0.537. The van der Waals surface area contributed by atoms with Gasteiger partial charge >= 0.3 is 0 Å². The van der Waals surface area contributed by atoms with Gasteiger partial charge in [-0.25, -0.2) is 0 Å².